The summed E-state index contributed by atoms with van der Waals surface area (Å²) in [6.07, 6.45) is 1.32. The Morgan fingerprint density at radius 2 is 2.19 bits per heavy atom. The Balaban J connectivity index is 1.81. The number of likely N-dealkylation sites (tertiary alicyclic amines) is 1. The average Bonchev–Trinajstić information content (AvgIpc) is 2.91. The van der Waals surface area contributed by atoms with Gasteiger partial charge in [0.05, 0.1) is 21.9 Å². The summed E-state index contributed by atoms with van der Waals surface area (Å²) < 4.78 is 7.94. The Morgan fingerprint density at radius 1 is 1.48 bits per heavy atom. The fourth-order valence-corrected chi connectivity index (χ4v) is 3.31. The number of hydrogen-bond acceptors (Lipinski definition) is 4. The van der Waals surface area contributed by atoms with Gasteiger partial charge in [-0.05, 0) is 43.4 Å². The molecule has 0 saturated carbocycles. The zero-order valence-electron chi connectivity index (χ0n) is 12.1. The zero-order chi connectivity index (χ0) is 15.4. The molecule has 7 nitrogen and oxygen atoms in total. The van der Waals surface area contributed by atoms with Crippen LogP contribution in [0, 0.1) is 3.57 Å². The molecule has 0 aliphatic carbocycles. The number of rotatable bonds is 0. The van der Waals surface area contributed by atoms with Gasteiger partial charge in [-0.3, -0.25) is 9.48 Å². The second-order valence-corrected chi connectivity index (χ2v) is 7.48. The fraction of sp³-hybridized carbons (Fsp3) is 0.615. The van der Waals surface area contributed by atoms with Crippen LogP contribution in [0.3, 0.4) is 0 Å². The van der Waals surface area contributed by atoms with Crippen LogP contribution in [0.5, 0.6) is 0 Å². The van der Waals surface area contributed by atoms with Gasteiger partial charge < -0.3 is 15.0 Å². The van der Waals surface area contributed by atoms with Crippen molar-refractivity contribution in [3.63, 3.8) is 0 Å². The van der Waals surface area contributed by atoms with Gasteiger partial charge in [-0.15, -0.1) is 0 Å². The maximum absolute atomic E-state index is 12.2. The number of ether oxygens (including phenoxy) is 1. The first-order valence-electron chi connectivity index (χ1n) is 6.78. The molecule has 2 aliphatic heterocycles. The molecule has 1 aromatic rings. The highest BCUT2D eigenvalue weighted by atomic mass is 127. The number of nitrogens with zero attached hydrogens (tertiary/aromatic N) is 3. The molecule has 0 aromatic carbocycles. The van der Waals surface area contributed by atoms with Crippen molar-refractivity contribution < 1.29 is 14.3 Å². The molecule has 0 bridgehead atoms. The minimum absolute atomic E-state index is 0.0336. The van der Waals surface area contributed by atoms with E-state index < -0.39 is 5.60 Å². The molecule has 0 unspecified atom stereocenters. The van der Waals surface area contributed by atoms with Crippen LogP contribution in [0.4, 0.5) is 4.79 Å². The molecule has 21 heavy (non-hydrogen) atoms. The summed E-state index contributed by atoms with van der Waals surface area (Å²) in [5, 5.41) is 7.24. The van der Waals surface area contributed by atoms with E-state index in [1.54, 1.807) is 15.8 Å². The standard InChI is InChI=1S/C13H17IN4O3/c1-13(2,3)21-12(20)17-5-8-9(6-17)18-10(11(19)16-8)7(14)4-15-18/h4,8-9H,5-6H2,1-3H3,(H,16,19)/t8-,9+/m0/s1. The lowest BCUT2D eigenvalue weighted by Gasteiger charge is -2.26. The maximum atomic E-state index is 12.2. The largest absolute Gasteiger partial charge is 0.444 e. The molecule has 2 aliphatic rings. The van der Waals surface area contributed by atoms with Gasteiger partial charge in [0.15, 0.2) is 0 Å². The molecule has 8 heteroatoms. The Bertz CT molecular complexity index is 607. The summed E-state index contributed by atoms with van der Waals surface area (Å²) >= 11 is 2.09. The minimum Gasteiger partial charge on any atom is -0.444 e. The number of carbonyl (C=O) groups excluding carboxylic acids is 2. The number of aromatic nitrogens is 2. The van der Waals surface area contributed by atoms with Gasteiger partial charge in [0, 0.05) is 13.1 Å². The summed E-state index contributed by atoms with van der Waals surface area (Å²) in [6.45, 7) is 6.45. The third-order valence-electron chi connectivity index (χ3n) is 3.54. The van der Waals surface area contributed by atoms with Crippen LogP contribution in [0.2, 0.25) is 0 Å². The van der Waals surface area contributed by atoms with Crippen LogP contribution in [-0.2, 0) is 4.74 Å². The van der Waals surface area contributed by atoms with Gasteiger partial charge in [0.25, 0.3) is 5.91 Å². The molecular weight excluding hydrogens is 387 g/mol. The van der Waals surface area contributed by atoms with Gasteiger partial charge in [0.2, 0.25) is 0 Å². The van der Waals surface area contributed by atoms with E-state index in [0.717, 1.165) is 3.57 Å². The van der Waals surface area contributed by atoms with Crippen LogP contribution >= 0.6 is 22.6 Å². The summed E-state index contributed by atoms with van der Waals surface area (Å²) in [7, 11) is 0. The minimum atomic E-state index is -0.527. The lowest BCUT2D eigenvalue weighted by molar-refractivity contribution is 0.0286. The van der Waals surface area contributed by atoms with E-state index in [1.165, 1.54) is 0 Å². The highest BCUT2D eigenvalue weighted by Crippen LogP contribution is 2.30. The molecule has 1 fully saturated rings. The first-order chi connectivity index (χ1) is 9.76. The van der Waals surface area contributed by atoms with Gasteiger partial charge in [-0.2, -0.15) is 5.10 Å². The molecule has 3 rings (SSSR count). The smallest absolute Gasteiger partial charge is 0.410 e. The van der Waals surface area contributed by atoms with Crippen molar-refractivity contribution in [1.82, 2.24) is 20.0 Å². The Kier molecular flexibility index (Phi) is 3.38. The summed E-state index contributed by atoms with van der Waals surface area (Å²) in [5.41, 5.74) is 0.0447. The summed E-state index contributed by atoms with van der Waals surface area (Å²) in [4.78, 5) is 25.9. The highest BCUT2D eigenvalue weighted by molar-refractivity contribution is 14.1. The molecule has 2 amide bonds. The third-order valence-corrected chi connectivity index (χ3v) is 4.33. The predicted molar refractivity (Wildman–Crippen MR) is 83.0 cm³/mol. The zero-order valence-corrected chi connectivity index (χ0v) is 14.2. The molecule has 0 radical (unpaired) electrons. The predicted octanol–water partition coefficient (Wildman–Crippen LogP) is 1.39. The van der Waals surface area contributed by atoms with Crippen molar-refractivity contribution in [3.05, 3.63) is 15.5 Å². The molecule has 1 saturated heterocycles. The van der Waals surface area contributed by atoms with E-state index in [2.05, 4.69) is 33.0 Å². The van der Waals surface area contributed by atoms with Crippen LogP contribution in [0.15, 0.2) is 6.20 Å². The van der Waals surface area contributed by atoms with Crippen LogP contribution in [-0.4, -0.2) is 51.4 Å². The van der Waals surface area contributed by atoms with Crippen molar-refractivity contribution in [1.29, 1.82) is 0 Å². The van der Waals surface area contributed by atoms with Crippen molar-refractivity contribution in [2.45, 2.75) is 38.5 Å². The Morgan fingerprint density at radius 3 is 2.86 bits per heavy atom. The molecule has 114 valence electrons. The highest BCUT2D eigenvalue weighted by Gasteiger charge is 2.44. The second kappa shape index (κ2) is 4.85. The number of fused-ring (bicyclic) bond motifs is 3. The second-order valence-electron chi connectivity index (χ2n) is 6.32. The van der Waals surface area contributed by atoms with E-state index in [9.17, 15) is 9.59 Å². The van der Waals surface area contributed by atoms with E-state index in [0.29, 0.717) is 18.8 Å². The Hall–Kier alpha value is -1.32. The van der Waals surface area contributed by atoms with Crippen molar-refractivity contribution in [2.24, 2.45) is 0 Å². The van der Waals surface area contributed by atoms with Gasteiger partial charge >= 0.3 is 6.09 Å². The van der Waals surface area contributed by atoms with Gasteiger partial charge in [-0.25, -0.2) is 4.79 Å². The Labute approximate surface area is 136 Å². The lowest BCUT2D eigenvalue weighted by Crippen LogP contribution is -2.47. The molecule has 1 aromatic heterocycles. The van der Waals surface area contributed by atoms with Crippen molar-refractivity contribution in [2.75, 3.05) is 13.1 Å². The first-order valence-corrected chi connectivity index (χ1v) is 7.86. The van der Waals surface area contributed by atoms with E-state index >= 15 is 0 Å². The maximum Gasteiger partial charge on any atom is 0.410 e. The SMILES string of the molecule is CC(C)(C)OC(=O)N1C[C@@H]2NC(=O)c3c(I)cnn3[C@@H]2C1. The van der Waals surface area contributed by atoms with Crippen LogP contribution in [0.1, 0.15) is 37.3 Å². The molecule has 2 atom stereocenters. The molecule has 1 N–H and O–H groups in total. The monoisotopic (exact) mass is 404 g/mol. The normalized spacial score (nSPS) is 24.4. The van der Waals surface area contributed by atoms with Crippen molar-refractivity contribution in [3.8, 4) is 0 Å². The van der Waals surface area contributed by atoms with E-state index in [4.69, 9.17) is 4.74 Å². The third kappa shape index (κ3) is 2.60. The van der Waals surface area contributed by atoms with Crippen molar-refractivity contribution >= 4 is 34.6 Å². The molecule has 3 heterocycles. The van der Waals surface area contributed by atoms with Crippen LogP contribution in [0.25, 0.3) is 0 Å². The average molecular weight is 404 g/mol. The van der Waals surface area contributed by atoms with E-state index in [1.807, 2.05) is 20.8 Å². The topological polar surface area (TPSA) is 76.5 Å². The number of hydrogen-bond donors (Lipinski definition) is 1. The van der Waals surface area contributed by atoms with E-state index in [-0.39, 0.29) is 24.1 Å². The first kappa shape index (κ1) is 14.6. The number of carbonyl (C=O) groups is 2. The molecule has 0 spiro atoms. The summed E-state index contributed by atoms with van der Waals surface area (Å²) in [5.74, 6) is -0.135. The molecular formula is C13H17IN4O3. The number of halogens is 1. The summed E-state index contributed by atoms with van der Waals surface area (Å²) in [6, 6.07) is -0.151. The lowest BCUT2D eigenvalue weighted by atomic mass is 10.1. The number of amides is 2. The van der Waals surface area contributed by atoms with Crippen LogP contribution < -0.4 is 5.32 Å². The van der Waals surface area contributed by atoms with Gasteiger partial charge in [-0.1, -0.05) is 0 Å². The number of nitrogens with one attached hydrogen (secondary N) is 1. The fourth-order valence-electron chi connectivity index (χ4n) is 2.69. The van der Waals surface area contributed by atoms with Gasteiger partial charge in [0.1, 0.15) is 11.3 Å². The quantitative estimate of drug-likeness (QED) is 0.664.